The van der Waals surface area contributed by atoms with E-state index in [1.807, 2.05) is 12.1 Å². The lowest BCUT2D eigenvalue weighted by Gasteiger charge is -2.08. The van der Waals surface area contributed by atoms with Crippen LogP contribution in [-0.2, 0) is 19.5 Å². The number of rotatable bonds is 5. The maximum atomic E-state index is 12.1. The summed E-state index contributed by atoms with van der Waals surface area (Å²) >= 11 is 0. The number of nitrogens with one attached hydrogen (secondary N) is 1. The number of aromatic nitrogens is 2. The molecule has 0 bridgehead atoms. The Labute approximate surface area is 118 Å². The van der Waals surface area contributed by atoms with E-state index in [0.29, 0.717) is 24.3 Å². The van der Waals surface area contributed by atoms with Gasteiger partial charge in [-0.05, 0) is 30.2 Å². The van der Waals surface area contributed by atoms with Crippen molar-refractivity contribution in [2.45, 2.75) is 26.4 Å². The van der Waals surface area contributed by atoms with Crippen LogP contribution in [0.15, 0.2) is 36.7 Å². The Morgan fingerprint density at radius 3 is 2.90 bits per heavy atom. The van der Waals surface area contributed by atoms with Crippen molar-refractivity contribution < 1.29 is 4.79 Å². The van der Waals surface area contributed by atoms with Crippen LogP contribution < -0.4 is 11.1 Å². The molecule has 0 unspecified atom stereocenters. The summed E-state index contributed by atoms with van der Waals surface area (Å²) in [6, 6.07) is 7.30. The standard InChI is InChI=1S/C15H18N4O/c1-2-11-4-3-6-18-14(11)10-19-15(20)12-5-7-17-13(8-12)9-16/h3-8H,2,9-10,16H2,1H3,(H,19,20). The van der Waals surface area contributed by atoms with Gasteiger partial charge in [0, 0.05) is 24.5 Å². The Hall–Kier alpha value is -2.27. The molecule has 0 radical (unpaired) electrons. The van der Waals surface area contributed by atoms with E-state index in [1.54, 1.807) is 24.5 Å². The molecule has 0 aromatic carbocycles. The molecule has 3 N–H and O–H groups in total. The molecule has 1 amide bonds. The van der Waals surface area contributed by atoms with Crippen LogP contribution in [0.4, 0.5) is 0 Å². The molecular formula is C15H18N4O. The SMILES string of the molecule is CCc1cccnc1CNC(=O)c1ccnc(CN)c1. The summed E-state index contributed by atoms with van der Waals surface area (Å²) in [4.78, 5) is 20.4. The number of pyridine rings is 2. The average molecular weight is 270 g/mol. The van der Waals surface area contributed by atoms with Crippen LogP contribution in [0.1, 0.15) is 34.2 Å². The first kappa shape index (κ1) is 14.1. The van der Waals surface area contributed by atoms with E-state index < -0.39 is 0 Å². The van der Waals surface area contributed by atoms with Gasteiger partial charge in [-0.2, -0.15) is 0 Å². The van der Waals surface area contributed by atoms with Crippen molar-refractivity contribution in [1.29, 1.82) is 0 Å². The van der Waals surface area contributed by atoms with Gasteiger partial charge < -0.3 is 11.1 Å². The highest BCUT2D eigenvalue weighted by Crippen LogP contribution is 2.07. The normalized spacial score (nSPS) is 10.3. The molecule has 0 spiro atoms. The number of hydrogen-bond acceptors (Lipinski definition) is 4. The fraction of sp³-hybridized carbons (Fsp3) is 0.267. The number of nitrogens with zero attached hydrogens (tertiary/aromatic N) is 2. The summed E-state index contributed by atoms with van der Waals surface area (Å²) in [6.45, 7) is 2.81. The second-order valence-corrected chi connectivity index (χ2v) is 4.39. The van der Waals surface area contributed by atoms with Gasteiger partial charge in [-0.25, -0.2) is 0 Å². The molecule has 0 aliphatic rings. The van der Waals surface area contributed by atoms with Crippen molar-refractivity contribution in [2.75, 3.05) is 0 Å². The summed E-state index contributed by atoms with van der Waals surface area (Å²) < 4.78 is 0. The van der Waals surface area contributed by atoms with Crippen molar-refractivity contribution >= 4 is 5.91 Å². The van der Waals surface area contributed by atoms with E-state index >= 15 is 0 Å². The van der Waals surface area contributed by atoms with E-state index in [2.05, 4.69) is 22.2 Å². The fourth-order valence-electron chi connectivity index (χ4n) is 1.95. The third-order valence-corrected chi connectivity index (χ3v) is 3.07. The molecule has 20 heavy (non-hydrogen) atoms. The Morgan fingerprint density at radius 1 is 1.30 bits per heavy atom. The number of nitrogens with two attached hydrogens (primary N) is 1. The zero-order valence-electron chi connectivity index (χ0n) is 11.5. The second-order valence-electron chi connectivity index (χ2n) is 4.39. The molecular weight excluding hydrogens is 252 g/mol. The van der Waals surface area contributed by atoms with Crippen LogP contribution in [0.2, 0.25) is 0 Å². The van der Waals surface area contributed by atoms with Crippen LogP contribution in [-0.4, -0.2) is 15.9 Å². The van der Waals surface area contributed by atoms with Gasteiger partial charge in [-0.1, -0.05) is 13.0 Å². The third-order valence-electron chi connectivity index (χ3n) is 3.07. The second kappa shape index (κ2) is 6.77. The van der Waals surface area contributed by atoms with Crippen LogP contribution in [0.25, 0.3) is 0 Å². The molecule has 0 atom stereocenters. The van der Waals surface area contributed by atoms with E-state index in [0.717, 1.165) is 17.7 Å². The fourth-order valence-corrected chi connectivity index (χ4v) is 1.95. The molecule has 0 aliphatic carbocycles. The first-order chi connectivity index (χ1) is 9.74. The Balaban J connectivity index is 2.04. The van der Waals surface area contributed by atoms with Gasteiger partial charge in [0.25, 0.3) is 5.91 Å². The van der Waals surface area contributed by atoms with Gasteiger partial charge in [0.15, 0.2) is 0 Å². The van der Waals surface area contributed by atoms with Crippen LogP contribution >= 0.6 is 0 Å². The quantitative estimate of drug-likeness (QED) is 0.861. The molecule has 0 fully saturated rings. The van der Waals surface area contributed by atoms with Crippen LogP contribution in [0.3, 0.4) is 0 Å². The van der Waals surface area contributed by atoms with Gasteiger partial charge in [0.1, 0.15) is 0 Å². The first-order valence-electron chi connectivity index (χ1n) is 6.60. The Bertz CT molecular complexity index is 598. The van der Waals surface area contributed by atoms with Crippen molar-refractivity contribution in [3.05, 3.63) is 59.2 Å². The Kier molecular flexibility index (Phi) is 4.79. The maximum Gasteiger partial charge on any atom is 0.251 e. The summed E-state index contributed by atoms with van der Waals surface area (Å²) in [5.41, 5.74) is 8.82. The van der Waals surface area contributed by atoms with E-state index in [4.69, 9.17) is 5.73 Å². The van der Waals surface area contributed by atoms with Gasteiger partial charge in [0.05, 0.1) is 17.9 Å². The lowest BCUT2D eigenvalue weighted by atomic mass is 10.1. The van der Waals surface area contributed by atoms with Crippen LogP contribution in [0, 0.1) is 0 Å². The van der Waals surface area contributed by atoms with Crippen molar-refractivity contribution in [2.24, 2.45) is 5.73 Å². The van der Waals surface area contributed by atoms with E-state index in [1.165, 1.54) is 0 Å². The molecule has 2 rings (SSSR count). The Morgan fingerprint density at radius 2 is 2.15 bits per heavy atom. The molecule has 5 heteroatoms. The van der Waals surface area contributed by atoms with Gasteiger partial charge >= 0.3 is 0 Å². The molecule has 0 saturated carbocycles. The summed E-state index contributed by atoms with van der Waals surface area (Å²) in [5.74, 6) is -0.144. The average Bonchev–Trinajstić information content (AvgIpc) is 2.52. The zero-order chi connectivity index (χ0) is 14.4. The van der Waals surface area contributed by atoms with Crippen molar-refractivity contribution in [1.82, 2.24) is 15.3 Å². The molecule has 2 aromatic rings. The van der Waals surface area contributed by atoms with Gasteiger partial charge in [-0.3, -0.25) is 14.8 Å². The molecule has 0 saturated heterocycles. The monoisotopic (exact) mass is 270 g/mol. The lowest BCUT2D eigenvalue weighted by Crippen LogP contribution is -2.24. The highest BCUT2D eigenvalue weighted by Gasteiger charge is 2.08. The molecule has 2 aromatic heterocycles. The first-order valence-corrected chi connectivity index (χ1v) is 6.60. The minimum absolute atomic E-state index is 0.144. The molecule has 2 heterocycles. The predicted molar refractivity (Wildman–Crippen MR) is 76.9 cm³/mol. The minimum Gasteiger partial charge on any atom is -0.346 e. The number of aryl methyl sites for hydroxylation is 1. The zero-order valence-corrected chi connectivity index (χ0v) is 11.5. The largest absolute Gasteiger partial charge is 0.346 e. The van der Waals surface area contributed by atoms with Crippen molar-refractivity contribution in [3.63, 3.8) is 0 Å². The number of carbonyl (C=O) groups is 1. The van der Waals surface area contributed by atoms with E-state index in [-0.39, 0.29) is 5.91 Å². The van der Waals surface area contributed by atoms with Crippen molar-refractivity contribution in [3.8, 4) is 0 Å². The van der Waals surface area contributed by atoms with Gasteiger partial charge in [0.2, 0.25) is 0 Å². The summed E-state index contributed by atoms with van der Waals surface area (Å²) in [5, 5.41) is 2.87. The third kappa shape index (κ3) is 3.39. The molecule has 104 valence electrons. The van der Waals surface area contributed by atoms with E-state index in [9.17, 15) is 4.79 Å². The number of hydrogen-bond donors (Lipinski definition) is 2. The highest BCUT2D eigenvalue weighted by atomic mass is 16.1. The highest BCUT2D eigenvalue weighted by molar-refractivity contribution is 5.94. The smallest absolute Gasteiger partial charge is 0.251 e. The summed E-state index contributed by atoms with van der Waals surface area (Å²) in [7, 11) is 0. The topological polar surface area (TPSA) is 80.9 Å². The number of carbonyl (C=O) groups excluding carboxylic acids is 1. The predicted octanol–water partition coefficient (Wildman–Crippen LogP) is 1.43. The lowest BCUT2D eigenvalue weighted by molar-refractivity contribution is 0.0950. The molecule has 5 nitrogen and oxygen atoms in total. The minimum atomic E-state index is -0.144. The van der Waals surface area contributed by atoms with Crippen LogP contribution in [0.5, 0.6) is 0 Å². The molecule has 0 aliphatic heterocycles. The van der Waals surface area contributed by atoms with Gasteiger partial charge in [-0.15, -0.1) is 0 Å². The summed E-state index contributed by atoms with van der Waals surface area (Å²) in [6.07, 6.45) is 4.22. The maximum absolute atomic E-state index is 12.1. The number of amides is 1.